The zero-order valence-electron chi connectivity index (χ0n) is 7.73. The summed E-state index contributed by atoms with van der Waals surface area (Å²) in [5, 5.41) is 10.6. The predicted molar refractivity (Wildman–Crippen MR) is 58.2 cm³/mol. The Morgan fingerprint density at radius 1 is 1.38 bits per heavy atom. The van der Waals surface area contributed by atoms with Crippen molar-refractivity contribution in [3.05, 3.63) is 36.3 Å². The Morgan fingerprint density at radius 3 is 2.25 bits per heavy atom. The van der Waals surface area contributed by atoms with Crippen LogP contribution in [0, 0.1) is 17.0 Å². The number of alkyl halides is 3. The van der Waals surface area contributed by atoms with Gasteiger partial charge in [-0.25, -0.2) is 0 Å². The monoisotopic (exact) mass is 361 g/mol. The minimum atomic E-state index is -4.76. The van der Waals surface area contributed by atoms with Gasteiger partial charge in [0.1, 0.15) is 5.56 Å². The molecule has 0 saturated carbocycles. The van der Waals surface area contributed by atoms with Gasteiger partial charge >= 0.3 is 6.18 Å². The molecule has 1 aromatic carbocycles. The molecule has 0 atom stereocenters. The molecule has 0 amide bonds. The fourth-order valence-electron chi connectivity index (χ4n) is 1.10. The summed E-state index contributed by atoms with van der Waals surface area (Å²) in [6.45, 7) is 1.47. The molecule has 1 rings (SSSR count). The van der Waals surface area contributed by atoms with Crippen LogP contribution in [0.15, 0.2) is 15.0 Å². The molecule has 0 bridgehead atoms. The van der Waals surface area contributed by atoms with Gasteiger partial charge in [-0.15, -0.1) is 0 Å². The van der Waals surface area contributed by atoms with Crippen molar-refractivity contribution in [2.45, 2.75) is 13.1 Å². The van der Waals surface area contributed by atoms with Crippen molar-refractivity contribution in [2.75, 3.05) is 0 Å². The number of halogens is 5. The van der Waals surface area contributed by atoms with Crippen LogP contribution in [0.1, 0.15) is 11.1 Å². The Morgan fingerprint density at radius 2 is 1.88 bits per heavy atom. The highest BCUT2D eigenvalue weighted by Crippen LogP contribution is 2.43. The van der Waals surface area contributed by atoms with Crippen molar-refractivity contribution in [1.29, 1.82) is 0 Å². The lowest BCUT2D eigenvalue weighted by Gasteiger charge is -2.11. The second kappa shape index (κ2) is 4.33. The van der Waals surface area contributed by atoms with Gasteiger partial charge in [-0.1, -0.05) is 15.9 Å². The van der Waals surface area contributed by atoms with Gasteiger partial charge in [0.05, 0.1) is 9.40 Å². The van der Waals surface area contributed by atoms with Crippen molar-refractivity contribution in [1.82, 2.24) is 0 Å². The maximum Gasteiger partial charge on any atom is 0.423 e. The van der Waals surface area contributed by atoms with Crippen LogP contribution in [-0.4, -0.2) is 4.92 Å². The van der Waals surface area contributed by atoms with E-state index in [-0.39, 0.29) is 8.95 Å². The number of nitro benzene ring substituents is 1. The van der Waals surface area contributed by atoms with E-state index in [1.54, 1.807) is 0 Å². The molecule has 0 fully saturated rings. The number of benzene rings is 1. The van der Waals surface area contributed by atoms with Crippen LogP contribution in [0.4, 0.5) is 18.9 Å². The maximum atomic E-state index is 12.6. The van der Waals surface area contributed by atoms with Crippen molar-refractivity contribution >= 4 is 37.5 Å². The van der Waals surface area contributed by atoms with Crippen LogP contribution in [0.25, 0.3) is 0 Å². The standard InChI is InChI=1S/C8H4Br2F3NO2/c1-3-5(9)2-4(8(11,12)13)7(6(3)10)14(15)16/h2H,1H3. The van der Waals surface area contributed by atoms with Crippen LogP contribution in [0.2, 0.25) is 0 Å². The molecule has 0 aromatic heterocycles. The fraction of sp³-hybridized carbons (Fsp3) is 0.250. The van der Waals surface area contributed by atoms with Crippen LogP contribution >= 0.6 is 31.9 Å². The van der Waals surface area contributed by atoms with E-state index in [2.05, 4.69) is 31.9 Å². The Labute approximate surface area is 105 Å². The molecule has 0 aliphatic rings. The first-order valence-corrected chi connectivity index (χ1v) is 5.45. The van der Waals surface area contributed by atoms with Crippen molar-refractivity contribution in [3.63, 3.8) is 0 Å². The van der Waals surface area contributed by atoms with Gasteiger partial charge in [-0.05, 0) is 34.5 Å². The summed E-state index contributed by atoms with van der Waals surface area (Å²) in [6.07, 6.45) is -4.76. The first-order chi connectivity index (χ1) is 7.16. The van der Waals surface area contributed by atoms with E-state index >= 15 is 0 Å². The zero-order chi connectivity index (χ0) is 12.7. The Balaban J connectivity index is 3.67. The maximum absolute atomic E-state index is 12.6. The van der Waals surface area contributed by atoms with Crippen LogP contribution in [-0.2, 0) is 6.18 Å². The average Bonchev–Trinajstić information content (AvgIpc) is 2.11. The summed E-state index contributed by atoms with van der Waals surface area (Å²) in [5.41, 5.74) is -1.89. The van der Waals surface area contributed by atoms with Crippen molar-refractivity contribution < 1.29 is 18.1 Å². The fourth-order valence-corrected chi connectivity index (χ4v) is 2.36. The molecule has 88 valence electrons. The highest BCUT2D eigenvalue weighted by Gasteiger charge is 2.40. The normalized spacial score (nSPS) is 11.6. The quantitative estimate of drug-likeness (QED) is 0.547. The third-order valence-corrected chi connectivity index (χ3v) is 3.70. The molecular formula is C8H4Br2F3NO2. The van der Waals surface area contributed by atoms with E-state index in [1.165, 1.54) is 6.92 Å². The van der Waals surface area contributed by atoms with E-state index < -0.39 is 22.4 Å². The van der Waals surface area contributed by atoms with Crippen LogP contribution in [0.3, 0.4) is 0 Å². The van der Waals surface area contributed by atoms with Crippen molar-refractivity contribution in [3.8, 4) is 0 Å². The third-order valence-electron chi connectivity index (χ3n) is 1.91. The topological polar surface area (TPSA) is 43.1 Å². The zero-order valence-corrected chi connectivity index (χ0v) is 10.9. The number of hydrogen-bond donors (Lipinski definition) is 0. The first-order valence-electron chi connectivity index (χ1n) is 3.86. The Kier molecular flexibility index (Phi) is 3.63. The summed E-state index contributed by atoms with van der Waals surface area (Å²) in [5.74, 6) is 0. The molecule has 0 radical (unpaired) electrons. The molecule has 8 heteroatoms. The molecule has 0 N–H and O–H groups in total. The number of nitro groups is 1. The minimum Gasteiger partial charge on any atom is -0.258 e. The average molecular weight is 363 g/mol. The highest BCUT2D eigenvalue weighted by molar-refractivity contribution is 9.11. The van der Waals surface area contributed by atoms with Crippen LogP contribution < -0.4 is 0 Å². The van der Waals surface area contributed by atoms with E-state index in [0.717, 1.165) is 0 Å². The lowest BCUT2D eigenvalue weighted by molar-refractivity contribution is -0.388. The summed E-state index contributed by atoms with van der Waals surface area (Å²) < 4.78 is 37.7. The minimum absolute atomic E-state index is 0.164. The molecule has 0 unspecified atom stereocenters. The molecular weight excluding hydrogens is 359 g/mol. The first kappa shape index (κ1) is 13.4. The SMILES string of the molecule is Cc1c(Br)cc(C(F)(F)F)c([N+](=O)[O-])c1Br. The predicted octanol–water partition coefficient (Wildman–Crippen LogP) is 4.45. The molecule has 0 saturated heterocycles. The lowest BCUT2D eigenvalue weighted by Crippen LogP contribution is -2.10. The smallest absolute Gasteiger partial charge is 0.258 e. The number of nitrogens with zero attached hydrogens (tertiary/aromatic N) is 1. The largest absolute Gasteiger partial charge is 0.423 e. The second-order valence-electron chi connectivity index (χ2n) is 2.95. The second-order valence-corrected chi connectivity index (χ2v) is 4.60. The van der Waals surface area contributed by atoms with E-state index in [0.29, 0.717) is 11.6 Å². The number of rotatable bonds is 1. The van der Waals surface area contributed by atoms with Gasteiger partial charge in [-0.2, -0.15) is 13.2 Å². The molecule has 0 aliphatic heterocycles. The Hall–Kier alpha value is -0.630. The van der Waals surface area contributed by atoms with Gasteiger partial charge in [0, 0.05) is 4.47 Å². The molecule has 16 heavy (non-hydrogen) atoms. The summed E-state index contributed by atoms with van der Waals surface area (Å²) in [7, 11) is 0. The molecule has 1 aromatic rings. The molecule has 0 spiro atoms. The molecule has 3 nitrogen and oxygen atoms in total. The van der Waals surface area contributed by atoms with Crippen LogP contribution in [0.5, 0.6) is 0 Å². The van der Waals surface area contributed by atoms with Gasteiger partial charge < -0.3 is 0 Å². The van der Waals surface area contributed by atoms with Gasteiger partial charge in [0.25, 0.3) is 5.69 Å². The van der Waals surface area contributed by atoms with E-state index in [1.807, 2.05) is 0 Å². The highest BCUT2D eigenvalue weighted by atomic mass is 79.9. The lowest BCUT2D eigenvalue weighted by atomic mass is 10.1. The van der Waals surface area contributed by atoms with E-state index in [9.17, 15) is 23.3 Å². The Bertz CT molecular complexity index is 460. The van der Waals surface area contributed by atoms with Gasteiger partial charge in [0.15, 0.2) is 0 Å². The third kappa shape index (κ3) is 2.37. The molecule has 0 heterocycles. The summed E-state index contributed by atoms with van der Waals surface area (Å²) >= 11 is 5.72. The van der Waals surface area contributed by atoms with E-state index in [4.69, 9.17) is 0 Å². The summed E-state index contributed by atoms with van der Waals surface area (Å²) in [4.78, 5) is 9.56. The summed E-state index contributed by atoms with van der Waals surface area (Å²) in [6, 6.07) is 0.707. The van der Waals surface area contributed by atoms with Gasteiger partial charge in [-0.3, -0.25) is 10.1 Å². The molecule has 0 aliphatic carbocycles. The van der Waals surface area contributed by atoms with Crippen molar-refractivity contribution in [2.24, 2.45) is 0 Å². The van der Waals surface area contributed by atoms with Gasteiger partial charge in [0.2, 0.25) is 0 Å². The number of hydrogen-bond acceptors (Lipinski definition) is 2.